The summed E-state index contributed by atoms with van der Waals surface area (Å²) >= 11 is 7.04. The fourth-order valence-electron chi connectivity index (χ4n) is 3.92. The van der Waals surface area contributed by atoms with E-state index < -0.39 is 0 Å². The Morgan fingerprint density at radius 2 is 1.56 bits per heavy atom. The number of rotatable bonds is 8. The standard InChI is InChI=1S/C29H22ClNO4S/c30-24-12-6-7-13-26(24)34-17-16-31-28(32)27(36-29(31)33)18-23-22-11-5-4-10-21(22)14-15-25(23)35-19-20-8-2-1-3-9-20/h1-15,18H,16-17,19H2/b27-18-. The number of imide groups is 1. The van der Waals surface area contributed by atoms with Crippen molar-refractivity contribution in [3.05, 3.63) is 112 Å². The first-order chi connectivity index (χ1) is 17.6. The lowest BCUT2D eigenvalue weighted by Crippen LogP contribution is -2.32. The van der Waals surface area contributed by atoms with Gasteiger partial charge in [0.15, 0.2) is 0 Å². The van der Waals surface area contributed by atoms with E-state index in [-0.39, 0.29) is 24.3 Å². The van der Waals surface area contributed by atoms with Gasteiger partial charge in [0.05, 0.1) is 16.5 Å². The third kappa shape index (κ3) is 5.25. The van der Waals surface area contributed by atoms with E-state index in [4.69, 9.17) is 21.1 Å². The molecule has 0 unspecified atom stereocenters. The van der Waals surface area contributed by atoms with Crippen LogP contribution in [-0.2, 0) is 11.4 Å². The normalized spacial score (nSPS) is 14.6. The van der Waals surface area contributed by atoms with E-state index in [1.54, 1.807) is 18.2 Å². The summed E-state index contributed by atoms with van der Waals surface area (Å²) in [6, 6.07) is 28.8. The summed E-state index contributed by atoms with van der Waals surface area (Å²) in [4.78, 5) is 27.4. The van der Waals surface area contributed by atoms with Crippen LogP contribution in [0.25, 0.3) is 16.8 Å². The Hall–Kier alpha value is -3.74. The molecule has 1 saturated heterocycles. The predicted octanol–water partition coefficient (Wildman–Crippen LogP) is 7.19. The van der Waals surface area contributed by atoms with Gasteiger partial charge in [-0.3, -0.25) is 14.5 Å². The first kappa shape index (κ1) is 24.0. The fraction of sp³-hybridized carbons (Fsp3) is 0.103. The molecule has 0 aliphatic carbocycles. The maximum absolute atomic E-state index is 13.1. The number of benzene rings is 4. The second-order valence-corrected chi connectivity index (χ2v) is 9.49. The molecule has 0 bridgehead atoms. The molecule has 1 heterocycles. The molecule has 2 amide bonds. The monoisotopic (exact) mass is 515 g/mol. The average Bonchev–Trinajstić information content (AvgIpc) is 3.17. The van der Waals surface area contributed by atoms with Crippen LogP contribution >= 0.6 is 23.4 Å². The minimum Gasteiger partial charge on any atom is -0.490 e. The lowest BCUT2D eigenvalue weighted by atomic mass is 10.0. The number of para-hydroxylation sites is 1. The molecule has 36 heavy (non-hydrogen) atoms. The number of halogens is 1. The lowest BCUT2D eigenvalue weighted by Gasteiger charge is -2.14. The second-order valence-electron chi connectivity index (χ2n) is 8.09. The predicted molar refractivity (Wildman–Crippen MR) is 144 cm³/mol. The van der Waals surface area contributed by atoms with Gasteiger partial charge in [0, 0.05) is 5.56 Å². The Kier molecular flexibility index (Phi) is 7.26. The summed E-state index contributed by atoms with van der Waals surface area (Å²) in [5.74, 6) is 0.804. The second kappa shape index (κ2) is 10.9. The van der Waals surface area contributed by atoms with E-state index in [9.17, 15) is 9.59 Å². The first-order valence-corrected chi connectivity index (χ1v) is 12.6. The highest BCUT2D eigenvalue weighted by atomic mass is 35.5. The van der Waals surface area contributed by atoms with Gasteiger partial charge in [-0.05, 0) is 52.4 Å². The number of nitrogens with zero attached hydrogens (tertiary/aromatic N) is 1. The van der Waals surface area contributed by atoms with Gasteiger partial charge in [0.1, 0.15) is 24.7 Å². The van der Waals surface area contributed by atoms with Crippen LogP contribution in [0.3, 0.4) is 0 Å². The van der Waals surface area contributed by atoms with Crippen molar-refractivity contribution in [3.8, 4) is 11.5 Å². The van der Waals surface area contributed by atoms with Crippen LogP contribution in [0, 0.1) is 0 Å². The molecule has 0 spiro atoms. The van der Waals surface area contributed by atoms with Gasteiger partial charge >= 0.3 is 0 Å². The molecule has 0 radical (unpaired) electrons. The molecule has 0 saturated carbocycles. The summed E-state index contributed by atoms with van der Waals surface area (Å²) in [5, 5.41) is 2.10. The van der Waals surface area contributed by atoms with Crippen molar-refractivity contribution < 1.29 is 19.1 Å². The molecular formula is C29H22ClNO4S. The van der Waals surface area contributed by atoms with E-state index >= 15 is 0 Å². The zero-order valence-corrected chi connectivity index (χ0v) is 20.8. The van der Waals surface area contributed by atoms with E-state index in [0.717, 1.165) is 33.7 Å². The van der Waals surface area contributed by atoms with Gasteiger partial charge in [-0.15, -0.1) is 0 Å². The van der Waals surface area contributed by atoms with Crippen molar-refractivity contribution in [1.29, 1.82) is 0 Å². The molecule has 180 valence electrons. The van der Waals surface area contributed by atoms with Crippen molar-refractivity contribution in [3.63, 3.8) is 0 Å². The molecule has 4 aromatic rings. The van der Waals surface area contributed by atoms with Crippen LogP contribution in [0.2, 0.25) is 5.02 Å². The minimum atomic E-state index is -0.352. The number of hydrogen-bond acceptors (Lipinski definition) is 5. The largest absolute Gasteiger partial charge is 0.490 e. The van der Waals surface area contributed by atoms with Crippen LogP contribution < -0.4 is 9.47 Å². The summed E-state index contributed by atoms with van der Waals surface area (Å²) in [6.45, 7) is 0.662. The van der Waals surface area contributed by atoms with E-state index in [1.807, 2.05) is 78.9 Å². The lowest BCUT2D eigenvalue weighted by molar-refractivity contribution is -0.123. The topological polar surface area (TPSA) is 55.8 Å². The molecule has 7 heteroatoms. The average molecular weight is 516 g/mol. The van der Waals surface area contributed by atoms with Crippen LogP contribution in [0.5, 0.6) is 11.5 Å². The maximum atomic E-state index is 13.1. The first-order valence-electron chi connectivity index (χ1n) is 11.4. The molecule has 1 aliphatic rings. The van der Waals surface area contributed by atoms with E-state index in [2.05, 4.69) is 0 Å². The van der Waals surface area contributed by atoms with Crippen molar-refractivity contribution in [2.75, 3.05) is 13.2 Å². The highest BCUT2D eigenvalue weighted by Crippen LogP contribution is 2.37. The van der Waals surface area contributed by atoms with Crippen molar-refractivity contribution in [2.24, 2.45) is 0 Å². The third-order valence-corrected chi connectivity index (χ3v) is 6.95. The number of amides is 2. The fourth-order valence-corrected chi connectivity index (χ4v) is 4.96. The van der Waals surface area contributed by atoms with Crippen LogP contribution in [-0.4, -0.2) is 29.2 Å². The van der Waals surface area contributed by atoms with Crippen molar-refractivity contribution in [1.82, 2.24) is 4.90 Å². The van der Waals surface area contributed by atoms with Crippen LogP contribution in [0.15, 0.2) is 95.9 Å². The van der Waals surface area contributed by atoms with Gasteiger partial charge in [-0.1, -0.05) is 84.4 Å². The number of fused-ring (bicyclic) bond motifs is 1. The zero-order chi connectivity index (χ0) is 24.9. The summed E-state index contributed by atoms with van der Waals surface area (Å²) in [5.41, 5.74) is 1.80. The smallest absolute Gasteiger partial charge is 0.293 e. The highest BCUT2D eigenvalue weighted by Gasteiger charge is 2.35. The van der Waals surface area contributed by atoms with E-state index in [1.165, 1.54) is 4.90 Å². The number of thioether (sulfide) groups is 1. The molecule has 1 aliphatic heterocycles. The molecular weight excluding hydrogens is 494 g/mol. The molecule has 5 rings (SSSR count). The number of carbonyl (C=O) groups is 2. The zero-order valence-electron chi connectivity index (χ0n) is 19.2. The molecule has 4 aromatic carbocycles. The number of hydrogen-bond donors (Lipinski definition) is 0. The number of ether oxygens (including phenoxy) is 2. The summed E-state index contributed by atoms with van der Waals surface area (Å²) in [7, 11) is 0. The Bertz CT molecular complexity index is 1450. The van der Waals surface area contributed by atoms with Crippen LogP contribution in [0.1, 0.15) is 11.1 Å². The van der Waals surface area contributed by atoms with Crippen molar-refractivity contribution in [2.45, 2.75) is 6.61 Å². The summed E-state index contributed by atoms with van der Waals surface area (Å²) < 4.78 is 11.8. The van der Waals surface area contributed by atoms with Gasteiger partial charge < -0.3 is 9.47 Å². The molecule has 0 aromatic heterocycles. The molecule has 0 N–H and O–H groups in total. The Morgan fingerprint density at radius 3 is 2.39 bits per heavy atom. The maximum Gasteiger partial charge on any atom is 0.293 e. The molecule has 1 fully saturated rings. The Balaban J connectivity index is 1.38. The van der Waals surface area contributed by atoms with Crippen molar-refractivity contribution >= 4 is 51.4 Å². The SMILES string of the molecule is O=C1S/C(=C\c2c(OCc3ccccc3)ccc3ccccc23)C(=O)N1CCOc1ccccc1Cl. The third-order valence-electron chi connectivity index (χ3n) is 5.73. The quantitative estimate of drug-likeness (QED) is 0.232. The highest BCUT2D eigenvalue weighted by molar-refractivity contribution is 8.18. The molecule has 0 atom stereocenters. The summed E-state index contributed by atoms with van der Waals surface area (Å²) in [6.07, 6.45) is 1.75. The van der Waals surface area contributed by atoms with Gasteiger partial charge in [0.2, 0.25) is 0 Å². The van der Waals surface area contributed by atoms with Gasteiger partial charge in [0.25, 0.3) is 11.1 Å². The van der Waals surface area contributed by atoms with Crippen LogP contribution in [0.4, 0.5) is 4.79 Å². The minimum absolute atomic E-state index is 0.125. The Labute approximate surface area is 218 Å². The van der Waals surface area contributed by atoms with Gasteiger partial charge in [-0.25, -0.2) is 0 Å². The van der Waals surface area contributed by atoms with E-state index in [0.29, 0.717) is 28.0 Å². The number of carbonyl (C=O) groups excluding carboxylic acids is 2. The Morgan fingerprint density at radius 1 is 0.806 bits per heavy atom. The van der Waals surface area contributed by atoms with Gasteiger partial charge in [-0.2, -0.15) is 0 Å². The molecule has 5 nitrogen and oxygen atoms in total.